The van der Waals surface area contributed by atoms with Gasteiger partial charge in [0.25, 0.3) is 0 Å². The Balaban J connectivity index is 2.94. The number of hydrogen-bond acceptors (Lipinski definition) is 4. The molecule has 2 atom stereocenters. The lowest BCUT2D eigenvalue weighted by molar-refractivity contribution is -0.335. The summed E-state index contributed by atoms with van der Waals surface area (Å²) in [6, 6.07) is 0. The fraction of sp³-hybridized carbons (Fsp3) is 0.929. The molecule has 0 aliphatic heterocycles. The summed E-state index contributed by atoms with van der Waals surface area (Å²) in [5.74, 6) is -0.148. The van der Waals surface area contributed by atoms with Crippen molar-refractivity contribution in [3.8, 4) is 0 Å². The van der Waals surface area contributed by atoms with Crippen molar-refractivity contribution in [1.82, 2.24) is 0 Å². The molecule has 0 aromatic carbocycles. The minimum atomic E-state index is -1.21. The first-order valence-corrected chi connectivity index (χ1v) is 6.56. The highest BCUT2D eigenvalue weighted by Crippen LogP contribution is 2.46. The van der Waals surface area contributed by atoms with Gasteiger partial charge in [-0.05, 0) is 51.4 Å². The fourth-order valence-corrected chi connectivity index (χ4v) is 3.13. The molecule has 4 nitrogen and oxygen atoms in total. The van der Waals surface area contributed by atoms with Crippen LogP contribution in [0.2, 0.25) is 0 Å². The third-order valence-corrected chi connectivity index (χ3v) is 3.29. The van der Waals surface area contributed by atoms with Crippen LogP contribution in [0.15, 0.2) is 0 Å². The molecule has 0 saturated heterocycles. The Hall–Kier alpha value is -0.610. The summed E-state index contributed by atoms with van der Waals surface area (Å²) in [6.45, 7) is 11.7. The topological polar surface area (TPSA) is 55.8 Å². The smallest absolute Gasteiger partial charge is 0.342 e. The highest BCUT2D eigenvalue weighted by molar-refractivity contribution is 5.80. The van der Waals surface area contributed by atoms with Gasteiger partial charge in [-0.15, -0.1) is 0 Å². The van der Waals surface area contributed by atoms with Crippen LogP contribution in [-0.4, -0.2) is 22.4 Å². The third-order valence-electron chi connectivity index (χ3n) is 3.29. The molecule has 0 aromatic rings. The molecule has 0 aromatic heterocycles. The normalized spacial score (nSPS) is 32.1. The molecule has 1 aliphatic rings. The van der Waals surface area contributed by atoms with E-state index in [-0.39, 0.29) is 5.41 Å². The molecule has 2 unspecified atom stereocenters. The summed E-state index contributed by atoms with van der Waals surface area (Å²) in [4.78, 5) is 16.9. The van der Waals surface area contributed by atoms with Crippen LogP contribution < -0.4 is 0 Å². The Bertz CT molecular complexity index is 316. The van der Waals surface area contributed by atoms with Crippen LogP contribution in [-0.2, 0) is 14.4 Å². The van der Waals surface area contributed by atoms with Gasteiger partial charge in [0.05, 0.1) is 0 Å². The van der Waals surface area contributed by atoms with Gasteiger partial charge in [0.15, 0.2) is 0 Å². The van der Waals surface area contributed by atoms with Crippen molar-refractivity contribution in [2.75, 3.05) is 0 Å². The van der Waals surface area contributed by atoms with Gasteiger partial charge in [-0.25, -0.2) is 9.68 Å². The van der Waals surface area contributed by atoms with Crippen molar-refractivity contribution in [3.63, 3.8) is 0 Å². The van der Waals surface area contributed by atoms with E-state index in [0.29, 0.717) is 18.8 Å². The van der Waals surface area contributed by atoms with E-state index < -0.39 is 17.2 Å². The average molecular weight is 258 g/mol. The van der Waals surface area contributed by atoms with E-state index in [2.05, 4.69) is 25.7 Å². The number of esters is 1. The van der Waals surface area contributed by atoms with Crippen LogP contribution >= 0.6 is 0 Å². The summed E-state index contributed by atoms with van der Waals surface area (Å²) in [7, 11) is 0. The molecule has 1 N–H and O–H groups in total. The summed E-state index contributed by atoms with van der Waals surface area (Å²) in [5.41, 5.74) is -1.83. The van der Waals surface area contributed by atoms with Crippen molar-refractivity contribution in [1.29, 1.82) is 0 Å². The second-order valence-corrected chi connectivity index (χ2v) is 7.44. The molecule has 0 heterocycles. The minimum absolute atomic E-state index is 0.0443. The van der Waals surface area contributed by atoms with Crippen LogP contribution in [0.3, 0.4) is 0 Å². The highest BCUT2D eigenvalue weighted by atomic mass is 17.1. The Morgan fingerprint density at radius 3 is 2.22 bits per heavy atom. The van der Waals surface area contributed by atoms with Gasteiger partial charge < -0.3 is 4.74 Å². The number of carbonyl (C=O) groups is 1. The molecule has 1 fully saturated rings. The van der Waals surface area contributed by atoms with Crippen LogP contribution in [0.25, 0.3) is 0 Å². The second kappa shape index (κ2) is 4.82. The first-order chi connectivity index (χ1) is 8.00. The molecule has 0 amide bonds. The summed E-state index contributed by atoms with van der Waals surface area (Å²) >= 11 is 0. The largest absolute Gasteiger partial charge is 0.458 e. The lowest BCUT2D eigenvalue weighted by Gasteiger charge is -2.44. The number of hydrogen-bond donors (Lipinski definition) is 1. The minimum Gasteiger partial charge on any atom is -0.458 e. The van der Waals surface area contributed by atoms with E-state index in [1.807, 2.05) is 20.8 Å². The first-order valence-electron chi connectivity index (χ1n) is 6.56. The predicted octanol–water partition coefficient (Wildman–Crippen LogP) is 3.40. The zero-order valence-electron chi connectivity index (χ0n) is 12.4. The Labute approximate surface area is 110 Å². The van der Waals surface area contributed by atoms with E-state index in [1.54, 1.807) is 0 Å². The van der Waals surface area contributed by atoms with Gasteiger partial charge in [-0.2, -0.15) is 0 Å². The van der Waals surface area contributed by atoms with Crippen molar-refractivity contribution in [2.45, 2.75) is 72.0 Å². The van der Waals surface area contributed by atoms with E-state index >= 15 is 0 Å². The molecule has 106 valence electrons. The Kier molecular flexibility index (Phi) is 4.13. The maximum absolute atomic E-state index is 12.3. The zero-order chi connectivity index (χ0) is 14.2. The van der Waals surface area contributed by atoms with Crippen molar-refractivity contribution >= 4 is 5.97 Å². The van der Waals surface area contributed by atoms with Gasteiger partial charge in [-0.3, -0.25) is 5.26 Å². The van der Waals surface area contributed by atoms with Crippen LogP contribution in [0, 0.1) is 11.3 Å². The lowest BCUT2D eigenvalue weighted by Crippen LogP contribution is -2.52. The maximum Gasteiger partial charge on any atom is 0.342 e. The molecule has 1 saturated carbocycles. The summed E-state index contributed by atoms with van der Waals surface area (Å²) in [6.07, 6.45) is 2.00. The standard InChI is InChI=1S/C14H26O4/c1-10-7-13(5,6)9-14(8-10,18-16)11(15)17-12(2,3)4/h10,16H,7-9H2,1-6H3. The quantitative estimate of drug-likeness (QED) is 0.468. The maximum atomic E-state index is 12.3. The SMILES string of the molecule is CC1CC(C)(C)CC(OO)(C(=O)OC(C)(C)C)C1. The van der Waals surface area contributed by atoms with Gasteiger partial charge in [0.1, 0.15) is 5.60 Å². The number of rotatable bonds is 2. The second-order valence-electron chi connectivity index (χ2n) is 7.44. The molecular weight excluding hydrogens is 232 g/mol. The zero-order valence-corrected chi connectivity index (χ0v) is 12.4. The summed E-state index contributed by atoms with van der Waals surface area (Å²) in [5, 5.41) is 9.26. The van der Waals surface area contributed by atoms with E-state index in [9.17, 15) is 10.1 Å². The molecule has 0 bridgehead atoms. The summed E-state index contributed by atoms with van der Waals surface area (Å²) < 4.78 is 5.39. The fourth-order valence-electron chi connectivity index (χ4n) is 3.13. The number of carbonyl (C=O) groups excluding carboxylic acids is 1. The third kappa shape index (κ3) is 3.69. The van der Waals surface area contributed by atoms with Crippen molar-refractivity contribution in [2.24, 2.45) is 11.3 Å². The molecular formula is C14H26O4. The van der Waals surface area contributed by atoms with Crippen LogP contribution in [0.1, 0.15) is 60.8 Å². The van der Waals surface area contributed by atoms with Gasteiger partial charge in [0.2, 0.25) is 5.60 Å². The number of ether oxygens (including phenoxy) is 1. The molecule has 1 rings (SSSR count). The highest BCUT2D eigenvalue weighted by Gasteiger charge is 2.51. The van der Waals surface area contributed by atoms with Crippen LogP contribution in [0.5, 0.6) is 0 Å². The van der Waals surface area contributed by atoms with Gasteiger partial charge in [-0.1, -0.05) is 20.8 Å². The molecule has 18 heavy (non-hydrogen) atoms. The van der Waals surface area contributed by atoms with Crippen LogP contribution in [0.4, 0.5) is 0 Å². The average Bonchev–Trinajstić information content (AvgIpc) is 2.11. The van der Waals surface area contributed by atoms with E-state index in [0.717, 1.165) is 6.42 Å². The predicted molar refractivity (Wildman–Crippen MR) is 69.1 cm³/mol. The van der Waals surface area contributed by atoms with Crippen molar-refractivity contribution in [3.05, 3.63) is 0 Å². The Morgan fingerprint density at radius 1 is 1.28 bits per heavy atom. The van der Waals surface area contributed by atoms with E-state index in [1.165, 1.54) is 0 Å². The molecule has 0 spiro atoms. The first kappa shape index (κ1) is 15.4. The lowest BCUT2D eigenvalue weighted by atomic mass is 9.66. The monoisotopic (exact) mass is 258 g/mol. The molecule has 4 heteroatoms. The Morgan fingerprint density at radius 2 is 1.83 bits per heavy atom. The molecule has 0 radical (unpaired) electrons. The van der Waals surface area contributed by atoms with Gasteiger partial charge in [0, 0.05) is 0 Å². The van der Waals surface area contributed by atoms with Crippen molar-refractivity contribution < 1.29 is 19.7 Å². The van der Waals surface area contributed by atoms with Gasteiger partial charge >= 0.3 is 5.97 Å². The van der Waals surface area contributed by atoms with E-state index in [4.69, 9.17) is 4.74 Å². The molecule has 1 aliphatic carbocycles.